The van der Waals surface area contributed by atoms with Crippen molar-refractivity contribution >= 4 is 45.0 Å². The highest BCUT2D eigenvalue weighted by atomic mass is 79.9. The Morgan fingerprint density at radius 1 is 1.36 bits per heavy atom. The zero-order valence-corrected chi connectivity index (χ0v) is 16.5. The lowest BCUT2D eigenvalue weighted by Gasteiger charge is -2.08. The molecule has 2 N–H and O–H groups in total. The molecule has 8 heteroatoms. The molecular weight excluding hydrogens is 406 g/mol. The molecule has 0 fully saturated rings. The number of aromatic amines is 1. The van der Waals surface area contributed by atoms with Crippen LogP contribution in [0, 0.1) is 4.77 Å². The summed E-state index contributed by atoms with van der Waals surface area (Å²) in [6.07, 6.45) is 2.91. The number of fused-ring (bicyclic) bond motifs is 1. The lowest BCUT2D eigenvalue weighted by molar-refractivity contribution is -0.121. The van der Waals surface area contributed by atoms with E-state index in [9.17, 15) is 9.59 Å². The fourth-order valence-electron chi connectivity index (χ4n) is 2.54. The van der Waals surface area contributed by atoms with Crippen molar-refractivity contribution in [2.24, 2.45) is 0 Å². The summed E-state index contributed by atoms with van der Waals surface area (Å²) in [6, 6.07) is 5.50. The molecule has 1 aromatic heterocycles. The summed E-state index contributed by atoms with van der Waals surface area (Å²) in [6.45, 7) is 1.60. The van der Waals surface area contributed by atoms with E-state index in [0.29, 0.717) is 36.3 Å². The average molecular weight is 428 g/mol. The highest BCUT2D eigenvalue weighted by Gasteiger charge is 2.06. The molecule has 0 aliphatic rings. The Bertz CT molecular complexity index is 847. The van der Waals surface area contributed by atoms with Gasteiger partial charge in [-0.25, -0.2) is 0 Å². The molecule has 6 nitrogen and oxygen atoms in total. The van der Waals surface area contributed by atoms with Crippen LogP contribution in [-0.4, -0.2) is 35.7 Å². The van der Waals surface area contributed by atoms with E-state index in [0.717, 1.165) is 29.3 Å². The molecule has 25 heavy (non-hydrogen) atoms. The first-order valence-electron chi connectivity index (χ1n) is 8.21. The first kappa shape index (κ1) is 19.8. The molecule has 1 heterocycles. The minimum absolute atomic E-state index is 0.0297. The molecule has 0 unspecified atom stereocenters. The standard InChI is InChI=1S/C17H22BrN3O3S/c1-24-10-8-19-15(22)5-3-2-4-9-21-16(23)13-11-12(18)6-7-14(13)20-17(21)25/h6-7,11H,2-5,8-10H2,1H3,(H,19,22)(H,20,25). The number of hydrogen-bond acceptors (Lipinski definition) is 4. The highest BCUT2D eigenvalue weighted by molar-refractivity contribution is 9.10. The molecule has 0 bridgehead atoms. The Hall–Kier alpha value is -1.51. The highest BCUT2D eigenvalue weighted by Crippen LogP contribution is 2.15. The van der Waals surface area contributed by atoms with Gasteiger partial charge in [0.15, 0.2) is 4.77 Å². The molecule has 2 aromatic rings. The molecule has 0 radical (unpaired) electrons. The Morgan fingerprint density at radius 3 is 2.92 bits per heavy atom. The molecule has 1 amide bonds. The summed E-state index contributed by atoms with van der Waals surface area (Å²) in [5, 5.41) is 3.40. The van der Waals surface area contributed by atoms with Gasteiger partial charge in [-0.2, -0.15) is 0 Å². The van der Waals surface area contributed by atoms with Crippen LogP contribution < -0.4 is 10.9 Å². The van der Waals surface area contributed by atoms with Crippen LogP contribution in [0.2, 0.25) is 0 Å². The first-order valence-corrected chi connectivity index (χ1v) is 9.41. The second kappa shape index (κ2) is 9.84. The number of benzene rings is 1. The predicted octanol–water partition coefficient (Wildman–Crippen LogP) is 3.14. The molecule has 2 rings (SSSR count). The molecule has 0 saturated heterocycles. The largest absolute Gasteiger partial charge is 0.383 e. The molecule has 136 valence electrons. The van der Waals surface area contributed by atoms with Crippen molar-refractivity contribution < 1.29 is 9.53 Å². The molecular formula is C17H22BrN3O3S. The van der Waals surface area contributed by atoms with E-state index in [1.54, 1.807) is 17.7 Å². The summed E-state index contributed by atoms with van der Waals surface area (Å²) < 4.78 is 7.75. The minimum Gasteiger partial charge on any atom is -0.383 e. The zero-order valence-electron chi connectivity index (χ0n) is 14.1. The number of aromatic nitrogens is 2. The summed E-state index contributed by atoms with van der Waals surface area (Å²) in [5.74, 6) is 0.0297. The van der Waals surface area contributed by atoms with E-state index in [4.69, 9.17) is 17.0 Å². The van der Waals surface area contributed by atoms with Crippen molar-refractivity contribution in [1.82, 2.24) is 14.9 Å². The summed E-state index contributed by atoms with van der Waals surface area (Å²) >= 11 is 8.68. The number of rotatable bonds is 9. The van der Waals surface area contributed by atoms with Gasteiger partial charge >= 0.3 is 0 Å². The van der Waals surface area contributed by atoms with Crippen molar-refractivity contribution in [3.05, 3.63) is 37.8 Å². The number of halogens is 1. The van der Waals surface area contributed by atoms with Crippen LogP contribution >= 0.6 is 28.1 Å². The van der Waals surface area contributed by atoms with E-state index in [2.05, 4.69) is 26.2 Å². The second-order valence-electron chi connectivity index (χ2n) is 5.73. The van der Waals surface area contributed by atoms with Crippen LogP contribution in [-0.2, 0) is 16.1 Å². The predicted molar refractivity (Wildman–Crippen MR) is 104 cm³/mol. The number of amides is 1. The van der Waals surface area contributed by atoms with E-state index in [1.807, 2.05) is 12.1 Å². The number of hydrogen-bond donors (Lipinski definition) is 2. The van der Waals surface area contributed by atoms with Crippen molar-refractivity contribution in [3.8, 4) is 0 Å². The topological polar surface area (TPSA) is 76.1 Å². The van der Waals surface area contributed by atoms with Crippen molar-refractivity contribution in [2.45, 2.75) is 32.2 Å². The SMILES string of the molecule is COCCNC(=O)CCCCCn1c(=S)[nH]c2ccc(Br)cc2c1=O. The van der Waals surface area contributed by atoms with Crippen molar-refractivity contribution in [3.63, 3.8) is 0 Å². The summed E-state index contributed by atoms with van der Waals surface area (Å²) in [4.78, 5) is 27.3. The number of unbranched alkanes of at least 4 members (excludes halogenated alkanes) is 2. The molecule has 1 aromatic carbocycles. The van der Waals surface area contributed by atoms with E-state index in [-0.39, 0.29) is 11.5 Å². The molecule has 0 spiro atoms. The molecule has 0 aliphatic heterocycles. The average Bonchev–Trinajstić information content (AvgIpc) is 2.58. The molecule has 0 saturated carbocycles. The lowest BCUT2D eigenvalue weighted by atomic mass is 10.2. The van der Waals surface area contributed by atoms with Gasteiger partial charge in [0.05, 0.1) is 17.5 Å². The Kier molecular flexibility index (Phi) is 7.80. The van der Waals surface area contributed by atoms with E-state index >= 15 is 0 Å². The number of nitrogens with one attached hydrogen (secondary N) is 2. The molecule has 0 atom stereocenters. The number of H-pyrrole nitrogens is 1. The Morgan fingerprint density at radius 2 is 2.16 bits per heavy atom. The number of ether oxygens (including phenoxy) is 1. The Balaban J connectivity index is 1.88. The third kappa shape index (κ3) is 5.76. The van der Waals surface area contributed by atoms with Gasteiger partial charge < -0.3 is 15.0 Å². The fraction of sp³-hybridized carbons (Fsp3) is 0.471. The van der Waals surface area contributed by atoms with Gasteiger partial charge in [0.2, 0.25) is 5.91 Å². The third-order valence-corrected chi connectivity index (χ3v) is 4.67. The van der Waals surface area contributed by atoms with Crippen LogP contribution in [0.1, 0.15) is 25.7 Å². The van der Waals surface area contributed by atoms with Crippen LogP contribution in [0.3, 0.4) is 0 Å². The lowest BCUT2D eigenvalue weighted by Crippen LogP contribution is -2.26. The number of carbonyl (C=O) groups excluding carboxylic acids is 1. The zero-order chi connectivity index (χ0) is 18.2. The summed E-state index contributed by atoms with van der Waals surface area (Å²) in [7, 11) is 1.60. The van der Waals surface area contributed by atoms with Crippen LogP contribution in [0.15, 0.2) is 27.5 Å². The van der Waals surface area contributed by atoms with Crippen molar-refractivity contribution in [2.75, 3.05) is 20.3 Å². The smallest absolute Gasteiger partial charge is 0.262 e. The van der Waals surface area contributed by atoms with E-state index < -0.39 is 0 Å². The van der Waals surface area contributed by atoms with Gasteiger partial charge in [-0.05, 0) is 43.3 Å². The summed E-state index contributed by atoms with van der Waals surface area (Å²) in [5.41, 5.74) is 0.652. The maximum Gasteiger partial charge on any atom is 0.262 e. The maximum atomic E-state index is 12.6. The second-order valence-corrected chi connectivity index (χ2v) is 7.03. The Labute approximate surface area is 159 Å². The quantitative estimate of drug-likeness (QED) is 0.475. The number of nitrogens with zero attached hydrogens (tertiary/aromatic N) is 1. The van der Waals surface area contributed by atoms with Gasteiger partial charge in [0.25, 0.3) is 5.56 Å². The number of methoxy groups -OCH3 is 1. The maximum absolute atomic E-state index is 12.6. The van der Waals surface area contributed by atoms with Crippen LogP contribution in [0.5, 0.6) is 0 Å². The van der Waals surface area contributed by atoms with Crippen molar-refractivity contribution in [1.29, 1.82) is 0 Å². The number of carbonyl (C=O) groups is 1. The van der Waals surface area contributed by atoms with Crippen LogP contribution in [0.4, 0.5) is 0 Å². The monoisotopic (exact) mass is 427 g/mol. The minimum atomic E-state index is -0.0858. The van der Waals surface area contributed by atoms with E-state index in [1.165, 1.54) is 0 Å². The van der Waals surface area contributed by atoms with Gasteiger partial charge in [-0.1, -0.05) is 22.4 Å². The fourth-order valence-corrected chi connectivity index (χ4v) is 3.18. The van der Waals surface area contributed by atoms with Gasteiger partial charge in [0.1, 0.15) is 0 Å². The first-order chi connectivity index (χ1) is 12.0. The van der Waals surface area contributed by atoms with Gasteiger partial charge in [-0.3, -0.25) is 14.2 Å². The van der Waals surface area contributed by atoms with Gasteiger partial charge in [0, 0.05) is 31.1 Å². The van der Waals surface area contributed by atoms with Crippen LogP contribution in [0.25, 0.3) is 10.9 Å². The normalized spacial score (nSPS) is 11.0. The molecule has 0 aliphatic carbocycles. The third-order valence-electron chi connectivity index (χ3n) is 3.86. The van der Waals surface area contributed by atoms with Gasteiger partial charge in [-0.15, -0.1) is 0 Å².